The van der Waals surface area contributed by atoms with Crippen LogP contribution >= 0.6 is 0 Å². The van der Waals surface area contributed by atoms with Gasteiger partial charge in [-0.05, 0) is 57.8 Å². The van der Waals surface area contributed by atoms with E-state index in [2.05, 4.69) is 31.3 Å². The summed E-state index contributed by atoms with van der Waals surface area (Å²) in [4.78, 5) is 25.1. The van der Waals surface area contributed by atoms with E-state index in [0.29, 0.717) is 19.4 Å². The van der Waals surface area contributed by atoms with E-state index in [0.717, 1.165) is 51.4 Å². The predicted octanol–water partition coefficient (Wildman–Crippen LogP) is 17.2. The molecule has 0 saturated carbocycles. The minimum absolute atomic E-state index is 0.0107. The van der Waals surface area contributed by atoms with Gasteiger partial charge in [0.25, 0.3) is 0 Å². The monoisotopic (exact) mass is 1130 g/mol. The highest BCUT2D eigenvalue weighted by atomic mass is 16.7. The summed E-state index contributed by atoms with van der Waals surface area (Å²) >= 11 is 0. The van der Waals surface area contributed by atoms with Crippen LogP contribution in [0.4, 0.5) is 0 Å². The number of allylic oxidation sites excluding steroid dienone is 3. The van der Waals surface area contributed by atoms with Crippen LogP contribution < -0.4 is 5.32 Å². The van der Waals surface area contributed by atoms with Crippen LogP contribution in [0.15, 0.2) is 24.3 Å². The van der Waals surface area contributed by atoms with Gasteiger partial charge in [0.05, 0.1) is 32.0 Å². The second kappa shape index (κ2) is 58.9. The zero-order valence-electron chi connectivity index (χ0n) is 52.3. The highest BCUT2D eigenvalue weighted by Crippen LogP contribution is 2.23. The minimum Gasteiger partial charge on any atom is -0.466 e. The van der Waals surface area contributed by atoms with Gasteiger partial charge in [-0.3, -0.25) is 9.59 Å². The topological polar surface area (TPSA) is 175 Å². The third-order valence-corrected chi connectivity index (χ3v) is 16.6. The molecule has 1 fully saturated rings. The Hall–Kier alpha value is -1.86. The summed E-state index contributed by atoms with van der Waals surface area (Å²) in [5.41, 5.74) is 0. The van der Waals surface area contributed by atoms with Gasteiger partial charge < -0.3 is 45.1 Å². The molecule has 0 aliphatic carbocycles. The van der Waals surface area contributed by atoms with E-state index < -0.39 is 49.5 Å². The van der Waals surface area contributed by atoms with Crippen LogP contribution in [0, 0.1) is 0 Å². The molecule has 0 bridgehead atoms. The summed E-state index contributed by atoms with van der Waals surface area (Å²) in [6.07, 6.45) is 63.3. The van der Waals surface area contributed by atoms with Gasteiger partial charge in [0.15, 0.2) is 6.29 Å². The first-order valence-corrected chi connectivity index (χ1v) is 34.6. The maximum atomic E-state index is 13.0. The molecule has 6 N–H and O–H groups in total. The third-order valence-electron chi connectivity index (χ3n) is 16.6. The van der Waals surface area contributed by atoms with Crippen molar-refractivity contribution in [3.8, 4) is 0 Å². The van der Waals surface area contributed by atoms with Crippen molar-refractivity contribution in [1.82, 2.24) is 5.32 Å². The Morgan fingerprint density at radius 1 is 0.450 bits per heavy atom. The summed E-state index contributed by atoms with van der Waals surface area (Å²) in [5, 5.41) is 54.3. The molecule has 472 valence electrons. The van der Waals surface area contributed by atoms with Crippen molar-refractivity contribution < 1.29 is 49.3 Å². The molecule has 1 saturated heterocycles. The van der Waals surface area contributed by atoms with E-state index >= 15 is 0 Å². The summed E-state index contributed by atoms with van der Waals surface area (Å²) in [6, 6.07) is -0.807. The quantitative estimate of drug-likeness (QED) is 0.0195. The average molecular weight is 1130 g/mol. The zero-order valence-corrected chi connectivity index (χ0v) is 52.3. The van der Waals surface area contributed by atoms with Crippen LogP contribution in [-0.2, 0) is 23.8 Å². The lowest BCUT2D eigenvalue weighted by Crippen LogP contribution is -2.60. The molecule has 0 aromatic rings. The van der Waals surface area contributed by atoms with Gasteiger partial charge >= 0.3 is 5.97 Å². The van der Waals surface area contributed by atoms with Crippen molar-refractivity contribution in [3.05, 3.63) is 24.3 Å². The van der Waals surface area contributed by atoms with Crippen LogP contribution in [0.25, 0.3) is 0 Å². The number of rotatable bonds is 61. The molecule has 0 radical (unpaired) electrons. The molecule has 0 aromatic heterocycles. The van der Waals surface area contributed by atoms with Crippen LogP contribution in [-0.4, -0.2) is 100 Å². The Bertz CT molecular complexity index is 1380. The molecule has 1 aliphatic rings. The molecule has 1 amide bonds. The largest absolute Gasteiger partial charge is 0.466 e. The Morgan fingerprint density at radius 2 is 0.800 bits per heavy atom. The van der Waals surface area contributed by atoms with Crippen LogP contribution in [0.5, 0.6) is 0 Å². The Morgan fingerprint density at radius 3 is 1.20 bits per heavy atom. The molecular formula is C69H131NO10. The lowest BCUT2D eigenvalue weighted by Gasteiger charge is -2.40. The number of carbonyl (C=O) groups is 2. The van der Waals surface area contributed by atoms with Gasteiger partial charge in [0.1, 0.15) is 24.4 Å². The standard InChI is InChI=1S/C69H131NO10/c1-3-5-7-9-11-13-14-33-37-41-45-49-53-57-65(74)78-58-54-50-46-42-38-35-32-30-28-26-24-22-20-18-16-15-17-19-21-23-25-27-29-31-34-36-40-44-48-52-56-64(73)70-61(62(72)55-51-47-43-39-12-10-8-6-4-2)60-79-69-68(77)67(76)66(75)63(59-71)80-69/h16,18,51,55,61-63,66-69,71-72,75-77H,3-15,17,19-50,52-54,56-60H2,1-2H3,(H,70,73)/b18-16-,55-51+. The Kier molecular flexibility index (Phi) is 56.1. The van der Waals surface area contributed by atoms with Crippen molar-refractivity contribution in [1.29, 1.82) is 0 Å². The fraction of sp³-hybridized carbons (Fsp3) is 0.913. The van der Waals surface area contributed by atoms with E-state index in [4.69, 9.17) is 14.2 Å². The lowest BCUT2D eigenvalue weighted by molar-refractivity contribution is -0.302. The fourth-order valence-electron chi connectivity index (χ4n) is 11.1. The molecule has 11 nitrogen and oxygen atoms in total. The second-order valence-corrected chi connectivity index (χ2v) is 24.2. The zero-order chi connectivity index (χ0) is 58.0. The number of hydrogen-bond donors (Lipinski definition) is 6. The van der Waals surface area contributed by atoms with Crippen LogP contribution in [0.1, 0.15) is 341 Å². The molecular weight excluding hydrogens is 1000 g/mol. The van der Waals surface area contributed by atoms with Gasteiger partial charge in [-0.2, -0.15) is 0 Å². The first-order valence-electron chi connectivity index (χ1n) is 34.6. The number of aliphatic hydroxyl groups is 5. The fourth-order valence-corrected chi connectivity index (χ4v) is 11.1. The summed E-state index contributed by atoms with van der Waals surface area (Å²) in [5.74, 6) is -0.170. The minimum atomic E-state index is -1.57. The number of ether oxygens (including phenoxy) is 3. The van der Waals surface area contributed by atoms with Crippen LogP contribution in [0.3, 0.4) is 0 Å². The third kappa shape index (κ3) is 47.5. The van der Waals surface area contributed by atoms with E-state index in [-0.39, 0.29) is 18.5 Å². The van der Waals surface area contributed by atoms with Crippen LogP contribution in [0.2, 0.25) is 0 Å². The van der Waals surface area contributed by atoms with Gasteiger partial charge in [0.2, 0.25) is 5.91 Å². The molecule has 0 aromatic carbocycles. The Balaban J connectivity index is 1.92. The number of nitrogens with one attached hydrogen (secondary N) is 1. The lowest BCUT2D eigenvalue weighted by atomic mass is 9.99. The maximum Gasteiger partial charge on any atom is 0.305 e. The van der Waals surface area contributed by atoms with Crippen molar-refractivity contribution >= 4 is 11.9 Å². The SMILES string of the molecule is CCCCCCCCC/C=C/C(O)C(COC1OC(CO)C(O)C(O)C1O)NC(=O)CCCCCCCCCCCCCCCC/C=C\CCCCCCCCCCCCCCOC(=O)CCCCCCCCCCCCCCC. The van der Waals surface area contributed by atoms with Crippen molar-refractivity contribution in [2.75, 3.05) is 19.8 Å². The molecule has 1 aliphatic heterocycles. The molecule has 1 rings (SSSR count). The summed E-state index contributed by atoms with van der Waals surface area (Å²) < 4.78 is 16.7. The average Bonchev–Trinajstić information content (AvgIpc) is 3.45. The number of unbranched alkanes of at least 4 members (excludes halogenated alkanes) is 45. The second-order valence-electron chi connectivity index (χ2n) is 24.2. The van der Waals surface area contributed by atoms with Gasteiger partial charge in [-0.15, -0.1) is 0 Å². The van der Waals surface area contributed by atoms with Crippen molar-refractivity contribution in [2.24, 2.45) is 0 Å². The molecule has 7 atom stereocenters. The normalized spacial score (nSPS) is 18.4. The van der Waals surface area contributed by atoms with Crippen molar-refractivity contribution in [3.63, 3.8) is 0 Å². The molecule has 0 spiro atoms. The molecule has 80 heavy (non-hydrogen) atoms. The van der Waals surface area contributed by atoms with Crippen molar-refractivity contribution in [2.45, 2.75) is 384 Å². The van der Waals surface area contributed by atoms with E-state index in [1.54, 1.807) is 6.08 Å². The van der Waals surface area contributed by atoms with Gasteiger partial charge in [-0.1, -0.05) is 295 Å². The summed E-state index contributed by atoms with van der Waals surface area (Å²) in [7, 11) is 0. The van der Waals surface area contributed by atoms with E-state index in [1.165, 1.54) is 263 Å². The Labute approximate surface area is 492 Å². The molecule has 11 heteroatoms. The van der Waals surface area contributed by atoms with Gasteiger partial charge in [-0.25, -0.2) is 0 Å². The predicted molar refractivity (Wildman–Crippen MR) is 334 cm³/mol. The molecule has 7 unspecified atom stereocenters. The number of carbonyl (C=O) groups excluding carboxylic acids is 2. The van der Waals surface area contributed by atoms with E-state index in [9.17, 15) is 35.1 Å². The number of hydrogen-bond acceptors (Lipinski definition) is 10. The number of aliphatic hydroxyl groups excluding tert-OH is 5. The first-order chi connectivity index (χ1) is 39.2. The maximum absolute atomic E-state index is 13.0. The highest BCUT2D eigenvalue weighted by Gasteiger charge is 2.44. The molecule has 1 heterocycles. The number of amides is 1. The van der Waals surface area contributed by atoms with E-state index in [1.807, 2.05) is 6.08 Å². The number of esters is 1. The smallest absolute Gasteiger partial charge is 0.305 e. The highest BCUT2D eigenvalue weighted by molar-refractivity contribution is 5.76. The summed E-state index contributed by atoms with van der Waals surface area (Å²) in [6.45, 7) is 4.35. The van der Waals surface area contributed by atoms with Gasteiger partial charge in [0, 0.05) is 12.8 Å². The first kappa shape index (κ1) is 76.2.